The van der Waals surface area contributed by atoms with Gasteiger partial charge in [-0.05, 0) is 36.2 Å². The van der Waals surface area contributed by atoms with Crippen LogP contribution < -0.4 is 14.8 Å². The molecular formula is C16H21NO2S. The minimum Gasteiger partial charge on any atom is -0.497 e. The highest BCUT2D eigenvalue weighted by Crippen LogP contribution is 2.24. The van der Waals surface area contributed by atoms with Gasteiger partial charge < -0.3 is 14.8 Å². The molecule has 0 radical (unpaired) electrons. The van der Waals surface area contributed by atoms with E-state index in [1.165, 1.54) is 4.88 Å². The monoisotopic (exact) mass is 291 g/mol. The van der Waals surface area contributed by atoms with Gasteiger partial charge in [0.15, 0.2) is 0 Å². The molecule has 1 N–H and O–H groups in total. The topological polar surface area (TPSA) is 30.5 Å². The standard InChI is InChI=1S/C16H21NO2S/c1-3-17-12-13-11-14(18-2)6-7-16(13)19-9-8-15-5-4-10-20-15/h4-7,10-11,17H,3,8-9,12H2,1-2H3. The van der Waals surface area contributed by atoms with E-state index in [-0.39, 0.29) is 0 Å². The summed E-state index contributed by atoms with van der Waals surface area (Å²) in [6, 6.07) is 10.2. The number of ether oxygens (including phenoxy) is 2. The van der Waals surface area contributed by atoms with E-state index in [4.69, 9.17) is 9.47 Å². The van der Waals surface area contributed by atoms with Crippen LogP contribution in [0.4, 0.5) is 0 Å². The second-order valence-corrected chi connectivity index (χ2v) is 5.46. The van der Waals surface area contributed by atoms with Gasteiger partial charge in [-0.15, -0.1) is 11.3 Å². The summed E-state index contributed by atoms with van der Waals surface area (Å²) < 4.78 is 11.2. The molecule has 4 heteroatoms. The lowest BCUT2D eigenvalue weighted by atomic mass is 10.2. The maximum Gasteiger partial charge on any atom is 0.124 e. The second-order valence-electron chi connectivity index (χ2n) is 4.43. The van der Waals surface area contributed by atoms with Crippen LogP contribution >= 0.6 is 11.3 Å². The number of nitrogens with one attached hydrogen (secondary N) is 1. The molecule has 2 rings (SSSR count). The third-order valence-corrected chi connectivity index (χ3v) is 3.96. The molecule has 0 saturated carbocycles. The highest BCUT2D eigenvalue weighted by atomic mass is 32.1. The lowest BCUT2D eigenvalue weighted by Crippen LogP contribution is -2.13. The first-order chi connectivity index (χ1) is 9.83. The number of hydrogen-bond acceptors (Lipinski definition) is 4. The summed E-state index contributed by atoms with van der Waals surface area (Å²) >= 11 is 1.77. The van der Waals surface area contributed by atoms with Gasteiger partial charge in [0, 0.05) is 23.4 Å². The average molecular weight is 291 g/mol. The van der Waals surface area contributed by atoms with E-state index in [0.717, 1.165) is 36.6 Å². The number of hydrogen-bond donors (Lipinski definition) is 1. The first-order valence-corrected chi connectivity index (χ1v) is 7.74. The number of rotatable bonds is 8. The van der Waals surface area contributed by atoms with E-state index in [9.17, 15) is 0 Å². The molecule has 0 amide bonds. The van der Waals surface area contributed by atoms with Crippen molar-refractivity contribution in [3.8, 4) is 11.5 Å². The van der Waals surface area contributed by atoms with Gasteiger partial charge in [0.05, 0.1) is 13.7 Å². The van der Waals surface area contributed by atoms with Gasteiger partial charge >= 0.3 is 0 Å². The zero-order valence-electron chi connectivity index (χ0n) is 12.0. The maximum atomic E-state index is 5.92. The van der Waals surface area contributed by atoms with Crippen LogP contribution in [-0.2, 0) is 13.0 Å². The number of methoxy groups -OCH3 is 1. The highest BCUT2D eigenvalue weighted by molar-refractivity contribution is 7.09. The molecule has 0 aliphatic rings. The van der Waals surface area contributed by atoms with Crippen molar-refractivity contribution in [2.45, 2.75) is 19.9 Å². The minimum absolute atomic E-state index is 0.700. The van der Waals surface area contributed by atoms with Crippen molar-refractivity contribution in [2.24, 2.45) is 0 Å². The Morgan fingerprint density at radius 3 is 2.85 bits per heavy atom. The Balaban J connectivity index is 1.97. The van der Waals surface area contributed by atoms with E-state index < -0.39 is 0 Å². The Hall–Kier alpha value is -1.52. The summed E-state index contributed by atoms with van der Waals surface area (Å²) in [4.78, 5) is 1.35. The SMILES string of the molecule is CCNCc1cc(OC)ccc1OCCc1cccs1. The molecule has 0 fully saturated rings. The Kier molecular flexibility index (Phi) is 5.89. The van der Waals surface area contributed by atoms with Gasteiger partial charge in [-0.3, -0.25) is 0 Å². The second kappa shape index (κ2) is 7.92. The van der Waals surface area contributed by atoms with Crippen molar-refractivity contribution >= 4 is 11.3 Å². The Bertz CT molecular complexity index is 511. The van der Waals surface area contributed by atoms with Gasteiger partial charge in [0.25, 0.3) is 0 Å². The molecule has 20 heavy (non-hydrogen) atoms. The fourth-order valence-electron chi connectivity index (χ4n) is 1.94. The van der Waals surface area contributed by atoms with E-state index in [0.29, 0.717) is 6.61 Å². The molecular weight excluding hydrogens is 270 g/mol. The molecule has 0 spiro atoms. The fourth-order valence-corrected chi connectivity index (χ4v) is 2.63. The molecule has 1 heterocycles. The molecule has 1 aromatic carbocycles. The van der Waals surface area contributed by atoms with Crippen LogP contribution in [0.3, 0.4) is 0 Å². The summed E-state index contributed by atoms with van der Waals surface area (Å²) in [6.07, 6.45) is 0.949. The normalized spacial score (nSPS) is 10.5. The van der Waals surface area contributed by atoms with Crippen molar-refractivity contribution < 1.29 is 9.47 Å². The highest BCUT2D eigenvalue weighted by Gasteiger charge is 2.06. The van der Waals surface area contributed by atoms with Gasteiger partial charge in [0.2, 0.25) is 0 Å². The van der Waals surface area contributed by atoms with Crippen molar-refractivity contribution in [1.82, 2.24) is 5.32 Å². The largest absolute Gasteiger partial charge is 0.497 e. The zero-order chi connectivity index (χ0) is 14.2. The third-order valence-electron chi connectivity index (χ3n) is 3.02. The quantitative estimate of drug-likeness (QED) is 0.807. The third kappa shape index (κ3) is 4.25. The van der Waals surface area contributed by atoms with Gasteiger partial charge in [-0.2, -0.15) is 0 Å². The van der Waals surface area contributed by atoms with Crippen LogP contribution in [0.1, 0.15) is 17.4 Å². The smallest absolute Gasteiger partial charge is 0.124 e. The maximum absolute atomic E-state index is 5.92. The molecule has 0 bridgehead atoms. The zero-order valence-corrected chi connectivity index (χ0v) is 12.8. The van der Waals surface area contributed by atoms with Gasteiger partial charge in [-0.1, -0.05) is 13.0 Å². The number of benzene rings is 1. The summed E-state index contributed by atoms with van der Waals surface area (Å²) in [7, 11) is 1.68. The Morgan fingerprint density at radius 1 is 1.25 bits per heavy atom. The fraction of sp³-hybridized carbons (Fsp3) is 0.375. The molecule has 108 valence electrons. The van der Waals surface area contributed by atoms with Crippen LogP contribution in [0, 0.1) is 0 Å². The molecule has 0 aliphatic carbocycles. The lowest BCUT2D eigenvalue weighted by molar-refractivity contribution is 0.317. The molecule has 0 saturated heterocycles. The summed E-state index contributed by atoms with van der Waals surface area (Å²) in [5.41, 5.74) is 1.14. The molecule has 3 nitrogen and oxygen atoms in total. The van der Waals surface area contributed by atoms with Crippen LogP contribution in [0.15, 0.2) is 35.7 Å². The summed E-state index contributed by atoms with van der Waals surface area (Å²) in [6.45, 7) is 4.53. The molecule has 1 aromatic heterocycles. The minimum atomic E-state index is 0.700. The van der Waals surface area contributed by atoms with Crippen LogP contribution in [0.5, 0.6) is 11.5 Å². The van der Waals surface area contributed by atoms with E-state index in [1.807, 2.05) is 18.2 Å². The predicted octanol–water partition coefficient (Wildman–Crippen LogP) is 3.49. The molecule has 0 unspecified atom stereocenters. The van der Waals surface area contributed by atoms with E-state index in [2.05, 4.69) is 29.8 Å². The van der Waals surface area contributed by atoms with Crippen LogP contribution in [-0.4, -0.2) is 20.3 Å². The number of thiophene rings is 1. The van der Waals surface area contributed by atoms with E-state index in [1.54, 1.807) is 18.4 Å². The van der Waals surface area contributed by atoms with Crippen molar-refractivity contribution in [2.75, 3.05) is 20.3 Å². The average Bonchev–Trinajstić information content (AvgIpc) is 2.99. The van der Waals surface area contributed by atoms with Crippen molar-refractivity contribution in [3.63, 3.8) is 0 Å². The summed E-state index contributed by atoms with van der Waals surface area (Å²) in [5, 5.41) is 5.42. The Labute approximate surface area is 124 Å². The first kappa shape index (κ1) is 14.9. The molecule has 0 atom stereocenters. The summed E-state index contributed by atoms with van der Waals surface area (Å²) in [5.74, 6) is 1.80. The van der Waals surface area contributed by atoms with Crippen LogP contribution in [0.2, 0.25) is 0 Å². The van der Waals surface area contributed by atoms with Gasteiger partial charge in [0.1, 0.15) is 11.5 Å². The lowest BCUT2D eigenvalue weighted by Gasteiger charge is -2.13. The molecule has 2 aromatic rings. The van der Waals surface area contributed by atoms with Crippen molar-refractivity contribution in [1.29, 1.82) is 0 Å². The van der Waals surface area contributed by atoms with E-state index >= 15 is 0 Å². The van der Waals surface area contributed by atoms with Crippen LogP contribution in [0.25, 0.3) is 0 Å². The first-order valence-electron chi connectivity index (χ1n) is 6.86. The molecule has 0 aliphatic heterocycles. The Morgan fingerprint density at radius 2 is 2.15 bits per heavy atom. The van der Waals surface area contributed by atoms with Crippen molar-refractivity contribution in [3.05, 3.63) is 46.2 Å². The van der Waals surface area contributed by atoms with Gasteiger partial charge in [-0.25, -0.2) is 0 Å². The predicted molar refractivity (Wildman–Crippen MR) is 83.9 cm³/mol.